The number of pyridine rings is 1. The number of aromatic nitrogens is 1. The van der Waals surface area contributed by atoms with Crippen LogP contribution in [0.5, 0.6) is 5.75 Å². The Hall–Kier alpha value is -4.19. The fraction of sp³-hybridized carbons (Fsp3) is 0.172. The number of hydrogen-bond acceptors (Lipinski definition) is 4. The van der Waals surface area contributed by atoms with Crippen LogP contribution >= 0.6 is 0 Å². The number of carbonyl (C=O) groups is 1. The molecule has 35 heavy (non-hydrogen) atoms. The highest BCUT2D eigenvalue weighted by atomic mass is 19.1. The SMILES string of the molecule is COc1ccc(C2CC(=O)N(Cc3ccc(-c4ccncc4)cc3F)C2)c2c1oc1ccccc12. The zero-order valence-electron chi connectivity index (χ0n) is 19.2. The fourth-order valence-corrected chi connectivity index (χ4v) is 5.07. The molecule has 3 heterocycles. The van der Waals surface area contributed by atoms with Crippen molar-refractivity contribution in [1.82, 2.24) is 9.88 Å². The molecule has 2 aromatic heterocycles. The van der Waals surface area contributed by atoms with Gasteiger partial charge in [0.05, 0.1) is 7.11 Å². The van der Waals surface area contributed by atoms with E-state index in [9.17, 15) is 9.18 Å². The molecule has 0 aliphatic carbocycles. The minimum Gasteiger partial charge on any atom is -0.493 e. The van der Waals surface area contributed by atoms with Crippen LogP contribution in [0, 0.1) is 5.82 Å². The number of hydrogen-bond donors (Lipinski definition) is 0. The third kappa shape index (κ3) is 3.71. The van der Waals surface area contributed by atoms with Crippen LogP contribution in [0.3, 0.4) is 0 Å². The normalized spacial score (nSPS) is 15.9. The van der Waals surface area contributed by atoms with Gasteiger partial charge in [-0.15, -0.1) is 0 Å². The number of nitrogens with zero attached hydrogens (tertiary/aromatic N) is 2. The maximum absolute atomic E-state index is 15.0. The molecule has 0 bridgehead atoms. The number of halogens is 1. The van der Waals surface area contributed by atoms with Gasteiger partial charge >= 0.3 is 0 Å². The Balaban J connectivity index is 1.30. The van der Waals surface area contributed by atoms with Crippen molar-refractivity contribution in [3.63, 3.8) is 0 Å². The fourth-order valence-electron chi connectivity index (χ4n) is 5.07. The number of amides is 1. The molecule has 1 aliphatic heterocycles. The molecule has 0 spiro atoms. The van der Waals surface area contributed by atoms with E-state index in [1.165, 1.54) is 6.07 Å². The first-order valence-electron chi connectivity index (χ1n) is 11.6. The van der Waals surface area contributed by atoms with Crippen molar-refractivity contribution in [3.8, 4) is 16.9 Å². The lowest BCUT2D eigenvalue weighted by atomic mass is 9.93. The van der Waals surface area contributed by atoms with Gasteiger partial charge in [0, 0.05) is 54.2 Å². The van der Waals surface area contributed by atoms with E-state index in [0.717, 1.165) is 33.0 Å². The maximum atomic E-state index is 15.0. The number of para-hydroxylation sites is 1. The quantitative estimate of drug-likeness (QED) is 0.305. The van der Waals surface area contributed by atoms with Gasteiger partial charge in [0.25, 0.3) is 0 Å². The van der Waals surface area contributed by atoms with Crippen LogP contribution in [0.2, 0.25) is 0 Å². The van der Waals surface area contributed by atoms with Crippen LogP contribution < -0.4 is 4.74 Å². The molecule has 6 rings (SSSR count). The summed E-state index contributed by atoms with van der Waals surface area (Å²) in [7, 11) is 1.62. The first-order chi connectivity index (χ1) is 17.1. The van der Waals surface area contributed by atoms with Crippen LogP contribution in [-0.2, 0) is 11.3 Å². The molecule has 3 aromatic carbocycles. The number of likely N-dealkylation sites (tertiary alicyclic amines) is 1. The molecule has 1 fully saturated rings. The molecule has 1 amide bonds. The van der Waals surface area contributed by atoms with Crippen molar-refractivity contribution >= 4 is 27.8 Å². The first kappa shape index (κ1) is 21.4. The molecule has 5 aromatic rings. The Bertz CT molecular complexity index is 1560. The van der Waals surface area contributed by atoms with E-state index in [1.54, 1.807) is 30.5 Å². The van der Waals surface area contributed by atoms with Crippen molar-refractivity contribution in [3.05, 3.63) is 96.1 Å². The third-order valence-electron chi connectivity index (χ3n) is 6.82. The molecule has 1 atom stereocenters. The summed E-state index contributed by atoms with van der Waals surface area (Å²) in [4.78, 5) is 18.7. The molecule has 1 unspecified atom stereocenters. The molecule has 1 aliphatic rings. The van der Waals surface area contributed by atoms with Gasteiger partial charge in [0.15, 0.2) is 11.3 Å². The van der Waals surface area contributed by atoms with Gasteiger partial charge in [0.1, 0.15) is 11.4 Å². The summed E-state index contributed by atoms with van der Waals surface area (Å²) in [6.07, 6.45) is 3.74. The Kier molecular flexibility index (Phi) is 5.21. The number of carbonyl (C=O) groups excluding carboxylic acids is 1. The van der Waals surface area contributed by atoms with Crippen molar-refractivity contribution < 1.29 is 18.3 Å². The minimum atomic E-state index is -0.316. The van der Waals surface area contributed by atoms with Gasteiger partial charge < -0.3 is 14.1 Å². The van der Waals surface area contributed by atoms with Crippen molar-refractivity contribution in [2.75, 3.05) is 13.7 Å². The molecule has 0 radical (unpaired) electrons. The second-order valence-electron chi connectivity index (χ2n) is 8.88. The smallest absolute Gasteiger partial charge is 0.223 e. The van der Waals surface area contributed by atoms with Crippen molar-refractivity contribution in [2.24, 2.45) is 0 Å². The highest BCUT2D eigenvalue weighted by Gasteiger charge is 2.33. The lowest BCUT2D eigenvalue weighted by Crippen LogP contribution is -2.25. The van der Waals surface area contributed by atoms with Crippen LogP contribution in [-0.4, -0.2) is 29.4 Å². The van der Waals surface area contributed by atoms with E-state index >= 15 is 0 Å². The van der Waals surface area contributed by atoms with Crippen molar-refractivity contribution in [2.45, 2.75) is 18.9 Å². The van der Waals surface area contributed by atoms with Crippen LogP contribution in [0.25, 0.3) is 33.1 Å². The number of fused-ring (bicyclic) bond motifs is 3. The van der Waals surface area contributed by atoms with E-state index in [-0.39, 0.29) is 24.2 Å². The second kappa shape index (κ2) is 8.55. The Morgan fingerprint density at radius 3 is 2.69 bits per heavy atom. The molecule has 174 valence electrons. The Morgan fingerprint density at radius 2 is 1.89 bits per heavy atom. The summed E-state index contributed by atoms with van der Waals surface area (Å²) in [6, 6.07) is 20.7. The molecule has 0 saturated carbocycles. The lowest BCUT2D eigenvalue weighted by Gasteiger charge is -2.18. The minimum absolute atomic E-state index is 0.0175. The standard InChI is InChI=1S/C29H23FN2O3/c1-34-26-9-8-22(28-23-4-2-3-5-25(23)35-29(26)28)21-15-27(33)32(17-21)16-20-7-6-19(14-24(20)30)18-10-12-31-13-11-18/h2-14,21H,15-17H2,1H3. The van der Waals surface area contributed by atoms with Gasteiger partial charge in [-0.2, -0.15) is 0 Å². The summed E-state index contributed by atoms with van der Waals surface area (Å²) in [5.74, 6) is 0.348. The van der Waals surface area contributed by atoms with Crippen LogP contribution in [0.4, 0.5) is 4.39 Å². The largest absolute Gasteiger partial charge is 0.493 e. The van der Waals surface area contributed by atoms with Gasteiger partial charge in [-0.3, -0.25) is 9.78 Å². The van der Waals surface area contributed by atoms with Gasteiger partial charge in [0.2, 0.25) is 5.91 Å². The summed E-state index contributed by atoms with van der Waals surface area (Å²) < 4.78 is 26.6. The Morgan fingerprint density at radius 1 is 1.06 bits per heavy atom. The van der Waals surface area contributed by atoms with Crippen molar-refractivity contribution in [1.29, 1.82) is 0 Å². The molecular formula is C29H23FN2O3. The van der Waals surface area contributed by atoms with E-state index in [2.05, 4.69) is 4.98 Å². The van der Waals surface area contributed by atoms with Crippen LogP contribution in [0.15, 0.2) is 83.5 Å². The molecule has 0 N–H and O–H groups in total. The predicted molar refractivity (Wildman–Crippen MR) is 133 cm³/mol. The monoisotopic (exact) mass is 466 g/mol. The number of rotatable bonds is 5. The highest BCUT2D eigenvalue weighted by molar-refractivity contribution is 6.09. The number of benzene rings is 3. The van der Waals surface area contributed by atoms with E-state index in [4.69, 9.17) is 9.15 Å². The lowest BCUT2D eigenvalue weighted by molar-refractivity contribution is -0.128. The number of methoxy groups -OCH3 is 1. The molecule has 1 saturated heterocycles. The first-order valence-corrected chi connectivity index (χ1v) is 11.6. The molecular weight excluding hydrogens is 443 g/mol. The Labute approximate surface area is 201 Å². The third-order valence-corrected chi connectivity index (χ3v) is 6.82. The molecule has 6 heteroatoms. The average molecular weight is 467 g/mol. The summed E-state index contributed by atoms with van der Waals surface area (Å²) in [5.41, 5.74) is 4.71. The van der Waals surface area contributed by atoms with Gasteiger partial charge in [-0.05, 0) is 47.0 Å². The van der Waals surface area contributed by atoms with Gasteiger partial charge in [-0.25, -0.2) is 4.39 Å². The predicted octanol–water partition coefficient (Wildman–Crippen LogP) is 6.31. The zero-order valence-corrected chi connectivity index (χ0v) is 19.2. The maximum Gasteiger partial charge on any atom is 0.223 e. The summed E-state index contributed by atoms with van der Waals surface area (Å²) in [5, 5.41) is 1.98. The van der Waals surface area contributed by atoms with Crippen LogP contribution in [0.1, 0.15) is 23.5 Å². The van der Waals surface area contributed by atoms with E-state index in [0.29, 0.717) is 29.9 Å². The second-order valence-corrected chi connectivity index (χ2v) is 8.88. The number of furan rings is 1. The zero-order chi connectivity index (χ0) is 23.9. The average Bonchev–Trinajstić information content (AvgIpc) is 3.46. The molecule has 5 nitrogen and oxygen atoms in total. The van der Waals surface area contributed by atoms with E-state index in [1.807, 2.05) is 54.6 Å². The highest BCUT2D eigenvalue weighted by Crippen LogP contribution is 2.42. The van der Waals surface area contributed by atoms with E-state index < -0.39 is 0 Å². The summed E-state index contributed by atoms with van der Waals surface area (Å²) in [6.45, 7) is 0.758. The topological polar surface area (TPSA) is 55.6 Å². The summed E-state index contributed by atoms with van der Waals surface area (Å²) >= 11 is 0. The van der Waals surface area contributed by atoms with Gasteiger partial charge in [-0.1, -0.05) is 36.4 Å². The number of ether oxygens (including phenoxy) is 1.